The third-order valence-electron chi connectivity index (χ3n) is 3.18. The highest BCUT2D eigenvalue weighted by atomic mass is 35.5. The number of nitrogens with zero attached hydrogens (tertiary/aromatic N) is 1. The van der Waals surface area contributed by atoms with Crippen LogP contribution in [0.5, 0.6) is 5.75 Å². The van der Waals surface area contributed by atoms with E-state index in [2.05, 4.69) is 0 Å². The van der Waals surface area contributed by atoms with E-state index in [9.17, 15) is 17.6 Å². The molecule has 0 spiro atoms. The smallest absolute Gasteiger partial charge is 0.275 e. The van der Waals surface area contributed by atoms with Crippen LogP contribution in [-0.2, 0) is 14.8 Å². The summed E-state index contributed by atoms with van der Waals surface area (Å²) >= 11 is 5.55. The molecule has 0 radical (unpaired) electrons. The van der Waals surface area contributed by atoms with Gasteiger partial charge in [0.1, 0.15) is 11.6 Å². The van der Waals surface area contributed by atoms with Crippen molar-refractivity contribution in [1.82, 2.24) is 10.3 Å². The minimum Gasteiger partial charge on any atom is -0.481 e. The lowest BCUT2D eigenvalue weighted by atomic mass is 10.2. The van der Waals surface area contributed by atoms with Crippen molar-refractivity contribution in [3.63, 3.8) is 0 Å². The van der Waals surface area contributed by atoms with Gasteiger partial charge in [-0.15, -0.1) is 4.83 Å². The van der Waals surface area contributed by atoms with E-state index in [1.807, 2.05) is 16.3 Å². The summed E-state index contributed by atoms with van der Waals surface area (Å²) in [7, 11) is -4.13. The van der Waals surface area contributed by atoms with Crippen molar-refractivity contribution in [2.24, 2.45) is 0 Å². The number of carbonyl (C=O) groups is 1. The van der Waals surface area contributed by atoms with E-state index in [1.165, 1.54) is 31.2 Å². The fourth-order valence-electron chi connectivity index (χ4n) is 1.79. The van der Waals surface area contributed by atoms with Gasteiger partial charge in [0, 0.05) is 0 Å². The molecule has 0 aliphatic heterocycles. The number of hydrogen-bond acceptors (Lipinski definition) is 5. The van der Waals surface area contributed by atoms with Gasteiger partial charge >= 0.3 is 0 Å². The van der Waals surface area contributed by atoms with Gasteiger partial charge < -0.3 is 4.74 Å². The summed E-state index contributed by atoms with van der Waals surface area (Å²) in [6.45, 7) is 1.41. The van der Waals surface area contributed by atoms with Crippen molar-refractivity contribution in [3.8, 4) is 11.8 Å². The molecule has 0 saturated carbocycles. The number of nitrogens with one attached hydrogen (secondary N) is 2. The van der Waals surface area contributed by atoms with Crippen LogP contribution in [0.2, 0.25) is 5.02 Å². The van der Waals surface area contributed by atoms with E-state index in [0.29, 0.717) is 11.3 Å². The molecule has 0 bridgehead atoms. The average Bonchev–Trinajstić information content (AvgIpc) is 2.62. The first-order chi connectivity index (χ1) is 12.2. The van der Waals surface area contributed by atoms with Crippen LogP contribution < -0.4 is 15.0 Å². The minimum atomic E-state index is -4.13. The Kier molecular flexibility index (Phi) is 6.15. The molecule has 0 saturated heterocycles. The maximum absolute atomic E-state index is 13.1. The van der Waals surface area contributed by atoms with E-state index >= 15 is 0 Å². The van der Waals surface area contributed by atoms with Gasteiger partial charge in [-0.1, -0.05) is 11.6 Å². The molecule has 2 aromatic carbocycles. The molecule has 0 unspecified atom stereocenters. The zero-order valence-electron chi connectivity index (χ0n) is 13.4. The molecule has 1 amide bonds. The first kappa shape index (κ1) is 19.7. The topological polar surface area (TPSA) is 108 Å². The first-order valence-electron chi connectivity index (χ1n) is 7.16. The van der Waals surface area contributed by atoms with Crippen LogP contribution in [0.15, 0.2) is 47.4 Å². The Balaban J connectivity index is 1.97. The SMILES string of the molecule is C[C@H](Oc1ccc(C#N)cc1)C(=O)NNS(=O)(=O)c1ccc(F)c(Cl)c1. The largest absolute Gasteiger partial charge is 0.481 e. The Hall–Kier alpha value is -2.67. The van der Waals surface area contributed by atoms with Crippen LogP contribution in [0.3, 0.4) is 0 Å². The molecule has 0 aliphatic rings. The molecule has 2 aromatic rings. The molecule has 0 aromatic heterocycles. The monoisotopic (exact) mass is 397 g/mol. The quantitative estimate of drug-likeness (QED) is 0.726. The first-order valence-corrected chi connectivity index (χ1v) is 9.02. The van der Waals surface area contributed by atoms with Gasteiger partial charge in [-0.3, -0.25) is 10.2 Å². The van der Waals surface area contributed by atoms with Crippen molar-refractivity contribution >= 4 is 27.5 Å². The van der Waals surface area contributed by atoms with Gasteiger partial charge in [0.15, 0.2) is 6.10 Å². The van der Waals surface area contributed by atoms with Crippen LogP contribution in [-0.4, -0.2) is 20.4 Å². The van der Waals surface area contributed by atoms with Crippen LogP contribution in [0.25, 0.3) is 0 Å². The highest BCUT2D eigenvalue weighted by Crippen LogP contribution is 2.19. The van der Waals surface area contributed by atoms with Crippen LogP contribution >= 0.6 is 11.6 Å². The van der Waals surface area contributed by atoms with Crippen molar-refractivity contribution in [3.05, 3.63) is 58.9 Å². The summed E-state index contributed by atoms with van der Waals surface area (Å²) in [6, 6.07) is 10.8. The van der Waals surface area contributed by atoms with Crippen molar-refractivity contribution in [2.45, 2.75) is 17.9 Å². The zero-order chi connectivity index (χ0) is 19.3. The molecule has 2 N–H and O–H groups in total. The van der Waals surface area contributed by atoms with E-state index in [-0.39, 0.29) is 9.92 Å². The lowest BCUT2D eigenvalue weighted by Crippen LogP contribution is -2.47. The molecule has 7 nitrogen and oxygen atoms in total. The minimum absolute atomic E-state index is 0.315. The van der Waals surface area contributed by atoms with Gasteiger partial charge in [-0.2, -0.15) is 5.26 Å². The van der Waals surface area contributed by atoms with Gasteiger partial charge in [0.05, 0.1) is 21.6 Å². The number of carbonyl (C=O) groups excluding carboxylic acids is 1. The maximum Gasteiger partial charge on any atom is 0.275 e. The summed E-state index contributed by atoms with van der Waals surface area (Å²) in [4.78, 5) is 13.5. The second-order valence-corrected chi connectivity index (χ2v) is 7.16. The number of hydrazine groups is 1. The standard InChI is InChI=1S/C16H13ClFN3O4S/c1-10(25-12-4-2-11(9-19)3-5-12)16(22)20-21-26(23,24)13-6-7-15(18)14(17)8-13/h2-8,10,21H,1H3,(H,20,22)/t10-/m0/s1. The normalized spacial score (nSPS) is 12.1. The summed E-state index contributed by atoms with van der Waals surface area (Å²) in [5.41, 5.74) is 2.44. The van der Waals surface area contributed by atoms with Gasteiger partial charge in [-0.05, 0) is 49.4 Å². The number of rotatable bonds is 6. The number of sulfonamides is 1. The Morgan fingerprint density at radius 2 is 1.92 bits per heavy atom. The highest BCUT2D eigenvalue weighted by Gasteiger charge is 2.20. The number of amides is 1. The van der Waals surface area contributed by atoms with Crippen molar-refractivity contribution in [1.29, 1.82) is 5.26 Å². The number of ether oxygens (including phenoxy) is 1. The van der Waals surface area contributed by atoms with Crippen molar-refractivity contribution < 1.29 is 22.3 Å². The van der Waals surface area contributed by atoms with Gasteiger partial charge in [0.25, 0.3) is 15.9 Å². The second kappa shape index (κ2) is 8.14. The van der Waals surface area contributed by atoms with E-state index in [1.54, 1.807) is 0 Å². The Bertz CT molecular complexity index is 958. The molecular formula is C16H13ClFN3O4S. The lowest BCUT2D eigenvalue weighted by molar-refractivity contribution is -0.127. The van der Waals surface area contributed by atoms with Crippen LogP contribution in [0.4, 0.5) is 4.39 Å². The van der Waals surface area contributed by atoms with Gasteiger partial charge in [0.2, 0.25) is 0 Å². The molecular weight excluding hydrogens is 385 g/mol. The zero-order valence-corrected chi connectivity index (χ0v) is 14.9. The summed E-state index contributed by atoms with van der Waals surface area (Å²) in [6.07, 6.45) is -1.03. The van der Waals surface area contributed by atoms with Crippen LogP contribution in [0, 0.1) is 17.1 Å². The Morgan fingerprint density at radius 3 is 2.50 bits per heavy atom. The van der Waals surface area contributed by atoms with Gasteiger partial charge in [-0.25, -0.2) is 12.8 Å². The summed E-state index contributed by atoms with van der Waals surface area (Å²) in [5, 5.41) is 8.36. The van der Waals surface area contributed by atoms with Crippen LogP contribution in [0.1, 0.15) is 12.5 Å². The molecule has 1 atom stereocenters. The van der Waals surface area contributed by atoms with E-state index in [4.69, 9.17) is 21.6 Å². The molecule has 136 valence electrons. The molecule has 26 heavy (non-hydrogen) atoms. The highest BCUT2D eigenvalue weighted by molar-refractivity contribution is 7.89. The molecule has 10 heteroatoms. The molecule has 0 aliphatic carbocycles. The number of halogens is 2. The third-order valence-corrected chi connectivity index (χ3v) is 4.71. The number of hydrogen-bond donors (Lipinski definition) is 2. The van der Waals surface area contributed by atoms with E-state index < -0.39 is 27.9 Å². The van der Waals surface area contributed by atoms with Crippen molar-refractivity contribution in [2.75, 3.05) is 0 Å². The number of benzene rings is 2. The third kappa shape index (κ3) is 4.92. The summed E-state index contributed by atoms with van der Waals surface area (Å²) in [5.74, 6) is -1.19. The fraction of sp³-hybridized carbons (Fsp3) is 0.125. The Morgan fingerprint density at radius 1 is 1.27 bits per heavy atom. The average molecular weight is 398 g/mol. The lowest BCUT2D eigenvalue weighted by Gasteiger charge is -2.15. The maximum atomic E-state index is 13.1. The molecule has 0 heterocycles. The predicted molar refractivity (Wildman–Crippen MR) is 91.1 cm³/mol. The molecule has 2 rings (SSSR count). The fourth-order valence-corrected chi connectivity index (χ4v) is 2.91. The Labute approximate surface area is 154 Å². The van der Waals surface area contributed by atoms with E-state index in [0.717, 1.165) is 18.2 Å². The predicted octanol–water partition coefficient (Wildman–Crippen LogP) is 2.13. The number of nitriles is 1. The molecule has 0 fully saturated rings. The second-order valence-electron chi connectivity index (χ2n) is 5.07. The summed E-state index contributed by atoms with van der Waals surface area (Å²) < 4.78 is 42.6.